The maximum atomic E-state index is 11.4. The van der Waals surface area contributed by atoms with Crippen LogP contribution in [0.3, 0.4) is 0 Å². The van der Waals surface area contributed by atoms with Crippen molar-refractivity contribution in [3.63, 3.8) is 0 Å². The molecule has 0 aliphatic heterocycles. The molecule has 1 N–H and O–H groups in total. The molecule has 0 fully saturated rings. The number of hydrogen-bond donors (Lipinski definition) is 1. The van der Waals surface area contributed by atoms with Crippen LogP contribution in [0.15, 0.2) is 16.7 Å². The van der Waals surface area contributed by atoms with Crippen LogP contribution >= 0.6 is 0 Å². The molecule has 5 heteroatoms. The smallest absolute Gasteiger partial charge is 0.335 e. The van der Waals surface area contributed by atoms with Crippen molar-refractivity contribution in [3.8, 4) is 0 Å². The summed E-state index contributed by atoms with van der Waals surface area (Å²) < 4.78 is 14.9. The molecule has 17 heavy (non-hydrogen) atoms. The summed E-state index contributed by atoms with van der Waals surface area (Å²) in [5, 5.41) is 9.93. The number of carbonyl (C=O) groups excluding carboxylic acids is 1. The van der Waals surface area contributed by atoms with Crippen molar-refractivity contribution in [2.45, 2.75) is 32.0 Å². The first-order valence-electron chi connectivity index (χ1n) is 5.26. The predicted octanol–water partition coefficient (Wildman–Crippen LogP) is 1.24. The Morgan fingerprint density at radius 3 is 2.71 bits per heavy atom. The Morgan fingerprint density at radius 2 is 2.18 bits per heavy atom. The van der Waals surface area contributed by atoms with Crippen LogP contribution in [0.5, 0.6) is 0 Å². The predicted molar refractivity (Wildman–Crippen MR) is 60.5 cm³/mol. The molecule has 0 saturated heterocycles. The van der Waals surface area contributed by atoms with E-state index >= 15 is 0 Å². The monoisotopic (exact) mass is 242 g/mol. The fraction of sp³-hybridized carbons (Fsp3) is 0.583. The molecular formula is C12H18O5. The van der Waals surface area contributed by atoms with Gasteiger partial charge in [-0.3, -0.25) is 0 Å². The molecule has 96 valence electrons. The first-order chi connectivity index (χ1) is 7.95. The van der Waals surface area contributed by atoms with E-state index in [0.717, 1.165) is 5.56 Å². The van der Waals surface area contributed by atoms with E-state index in [1.165, 1.54) is 13.4 Å². The van der Waals surface area contributed by atoms with E-state index in [1.54, 1.807) is 27.0 Å². The quantitative estimate of drug-likeness (QED) is 0.787. The normalized spacial score (nSPS) is 13.5. The van der Waals surface area contributed by atoms with Crippen molar-refractivity contribution >= 4 is 5.97 Å². The summed E-state index contributed by atoms with van der Waals surface area (Å²) >= 11 is 0. The van der Waals surface area contributed by atoms with Gasteiger partial charge in [-0.15, -0.1) is 0 Å². The summed E-state index contributed by atoms with van der Waals surface area (Å²) in [4.78, 5) is 11.4. The molecule has 0 spiro atoms. The van der Waals surface area contributed by atoms with E-state index in [0.29, 0.717) is 12.4 Å². The third-order valence-corrected chi connectivity index (χ3v) is 2.74. The SMILES string of the molecule is COCc1ccoc1C(C)(C)C(O)C(=O)OC. The number of furan rings is 1. The summed E-state index contributed by atoms with van der Waals surface area (Å²) in [5.74, 6) is -0.160. The van der Waals surface area contributed by atoms with Crippen LogP contribution in [0.1, 0.15) is 25.2 Å². The number of esters is 1. The van der Waals surface area contributed by atoms with Crippen LogP contribution in [-0.2, 0) is 26.3 Å². The summed E-state index contributed by atoms with van der Waals surface area (Å²) in [6.07, 6.45) is 0.226. The van der Waals surface area contributed by atoms with Gasteiger partial charge in [0.1, 0.15) is 5.76 Å². The van der Waals surface area contributed by atoms with Gasteiger partial charge in [-0.1, -0.05) is 0 Å². The second-order valence-corrected chi connectivity index (χ2v) is 4.36. The highest BCUT2D eigenvalue weighted by atomic mass is 16.5. The number of carbonyl (C=O) groups is 1. The van der Waals surface area contributed by atoms with E-state index in [2.05, 4.69) is 4.74 Å². The first kappa shape index (κ1) is 13.7. The maximum absolute atomic E-state index is 11.4. The number of methoxy groups -OCH3 is 2. The molecule has 1 unspecified atom stereocenters. The van der Waals surface area contributed by atoms with Gasteiger partial charge in [0.15, 0.2) is 6.10 Å². The van der Waals surface area contributed by atoms with Crippen molar-refractivity contribution < 1.29 is 23.8 Å². The van der Waals surface area contributed by atoms with Crippen LogP contribution in [0.4, 0.5) is 0 Å². The highest BCUT2D eigenvalue weighted by Crippen LogP contribution is 2.31. The van der Waals surface area contributed by atoms with Gasteiger partial charge in [-0.25, -0.2) is 4.79 Å². The Morgan fingerprint density at radius 1 is 1.53 bits per heavy atom. The van der Waals surface area contributed by atoms with Crippen molar-refractivity contribution in [1.29, 1.82) is 0 Å². The molecule has 1 aromatic rings. The zero-order chi connectivity index (χ0) is 13.1. The Kier molecular flexibility index (Phi) is 4.31. The molecule has 1 heterocycles. The number of aliphatic hydroxyl groups is 1. The minimum atomic E-state index is -1.28. The maximum Gasteiger partial charge on any atom is 0.335 e. The van der Waals surface area contributed by atoms with E-state index in [9.17, 15) is 9.90 Å². The largest absolute Gasteiger partial charge is 0.468 e. The third-order valence-electron chi connectivity index (χ3n) is 2.74. The van der Waals surface area contributed by atoms with Gasteiger partial charge in [0, 0.05) is 12.7 Å². The minimum Gasteiger partial charge on any atom is -0.468 e. The van der Waals surface area contributed by atoms with Gasteiger partial charge < -0.3 is 19.0 Å². The van der Waals surface area contributed by atoms with E-state index < -0.39 is 17.5 Å². The van der Waals surface area contributed by atoms with Gasteiger partial charge in [0.2, 0.25) is 0 Å². The number of rotatable bonds is 5. The molecule has 1 aromatic heterocycles. The van der Waals surface area contributed by atoms with Crippen molar-refractivity contribution in [2.75, 3.05) is 14.2 Å². The number of hydrogen-bond acceptors (Lipinski definition) is 5. The van der Waals surface area contributed by atoms with Crippen LogP contribution < -0.4 is 0 Å². The van der Waals surface area contributed by atoms with Gasteiger partial charge >= 0.3 is 5.97 Å². The third kappa shape index (κ3) is 2.68. The Bertz CT molecular complexity index is 380. The van der Waals surface area contributed by atoms with Gasteiger partial charge in [-0.05, 0) is 19.9 Å². The van der Waals surface area contributed by atoms with E-state index in [4.69, 9.17) is 9.15 Å². The molecule has 5 nitrogen and oxygen atoms in total. The molecule has 0 aliphatic rings. The fourth-order valence-corrected chi connectivity index (χ4v) is 1.70. The lowest BCUT2D eigenvalue weighted by atomic mass is 9.82. The Hall–Kier alpha value is -1.33. The molecule has 1 atom stereocenters. The van der Waals surface area contributed by atoms with Crippen molar-refractivity contribution in [2.24, 2.45) is 0 Å². The summed E-state index contributed by atoms with van der Waals surface area (Å²) in [5.41, 5.74) is -0.0646. The lowest BCUT2D eigenvalue weighted by Gasteiger charge is -2.27. The molecule has 0 amide bonds. The molecule has 0 aromatic carbocycles. The Labute approximate surface area is 100 Å². The van der Waals surface area contributed by atoms with E-state index in [1.807, 2.05) is 0 Å². The van der Waals surface area contributed by atoms with Gasteiger partial charge in [0.25, 0.3) is 0 Å². The van der Waals surface area contributed by atoms with Crippen LogP contribution in [-0.4, -0.2) is 31.4 Å². The lowest BCUT2D eigenvalue weighted by molar-refractivity contribution is -0.154. The van der Waals surface area contributed by atoms with Crippen LogP contribution in [0.25, 0.3) is 0 Å². The lowest BCUT2D eigenvalue weighted by Crippen LogP contribution is -2.41. The first-order valence-corrected chi connectivity index (χ1v) is 5.26. The standard InChI is InChI=1S/C12H18O5/c1-12(2,9(13)11(14)16-4)10-8(7-15-3)5-6-17-10/h5-6,9,13H,7H2,1-4H3. The second kappa shape index (κ2) is 5.33. The van der Waals surface area contributed by atoms with Gasteiger partial charge in [-0.2, -0.15) is 0 Å². The molecule has 0 saturated carbocycles. The van der Waals surface area contributed by atoms with Crippen molar-refractivity contribution in [1.82, 2.24) is 0 Å². The summed E-state index contributed by atoms with van der Waals surface area (Å²) in [6.45, 7) is 3.79. The molecule has 0 bridgehead atoms. The second-order valence-electron chi connectivity index (χ2n) is 4.36. The zero-order valence-electron chi connectivity index (χ0n) is 10.5. The number of ether oxygens (including phenoxy) is 2. The fourth-order valence-electron chi connectivity index (χ4n) is 1.70. The molecule has 1 rings (SSSR count). The highest BCUT2D eigenvalue weighted by molar-refractivity contribution is 5.76. The highest BCUT2D eigenvalue weighted by Gasteiger charge is 2.39. The van der Waals surface area contributed by atoms with Crippen LogP contribution in [0.2, 0.25) is 0 Å². The zero-order valence-corrected chi connectivity index (χ0v) is 10.5. The Balaban J connectivity index is 3.03. The average molecular weight is 242 g/mol. The van der Waals surface area contributed by atoms with Crippen LogP contribution in [0, 0.1) is 0 Å². The molecule has 0 radical (unpaired) electrons. The van der Waals surface area contributed by atoms with E-state index in [-0.39, 0.29) is 0 Å². The van der Waals surface area contributed by atoms with Crippen molar-refractivity contribution in [3.05, 3.63) is 23.7 Å². The summed E-state index contributed by atoms with van der Waals surface area (Å²) in [6, 6.07) is 1.75. The minimum absolute atomic E-state index is 0.364. The van der Waals surface area contributed by atoms with Gasteiger partial charge in [0.05, 0.1) is 25.4 Å². The molecule has 0 aliphatic carbocycles. The summed E-state index contributed by atoms with van der Waals surface area (Å²) in [7, 11) is 2.81. The molecular weight excluding hydrogens is 224 g/mol. The number of aliphatic hydroxyl groups excluding tert-OH is 1. The average Bonchev–Trinajstić information content (AvgIpc) is 2.76. The topological polar surface area (TPSA) is 68.9 Å².